The summed E-state index contributed by atoms with van der Waals surface area (Å²) in [4.78, 5) is 41.4. The summed E-state index contributed by atoms with van der Waals surface area (Å²) in [6.07, 6.45) is 1.17. The number of nitrogens with one attached hydrogen (secondary N) is 2. The fraction of sp³-hybridized carbons (Fsp3) is 0.263. The molecule has 0 bridgehead atoms. The molecule has 9 heteroatoms. The van der Waals surface area contributed by atoms with Gasteiger partial charge in [0.05, 0.1) is 22.4 Å². The fourth-order valence-corrected chi connectivity index (χ4v) is 4.74. The van der Waals surface area contributed by atoms with Crippen LogP contribution < -0.4 is 10.6 Å². The largest absolute Gasteiger partial charge is 0.450 e. The van der Waals surface area contributed by atoms with Crippen molar-refractivity contribution in [2.75, 3.05) is 11.9 Å². The van der Waals surface area contributed by atoms with Crippen LogP contribution in [-0.2, 0) is 4.74 Å². The Labute approximate surface area is 168 Å². The van der Waals surface area contributed by atoms with Crippen LogP contribution in [0.15, 0.2) is 29.6 Å². The van der Waals surface area contributed by atoms with Crippen LogP contribution in [0.5, 0.6) is 0 Å². The Balaban J connectivity index is 1.59. The number of benzene rings is 1. The highest BCUT2D eigenvalue weighted by Crippen LogP contribution is 2.46. The number of aromatic nitrogens is 1. The highest BCUT2D eigenvalue weighted by Gasteiger charge is 2.32. The number of para-hydroxylation sites is 1. The number of anilines is 1. The first-order valence-corrected chi connectivity index (χ1v) is 10.5. The third-order valence-electron chi connectivity index (χ3n) is 4.27. The first kappa shape index (κ1) is 18.6. The molecule has 2 aromatic heterocycles. The molecule has 0 radical (unpaired) electrons. The van der Waals surface area contributed by atoms with Gasteiger partial charge in [-0.05, 0) is 48.8 Å². The van der Waals surface area contributed by atoms with Crippen LogP contribution in [0.3, 0.4) is 0 Å². The molecule has 0 unspecified atom stereocenters. The van der Waals surface area contributed by atoms with E-state index < -0.39 is 12.0 Å². The average Bonchev–Trinajstić information content (AvgIpc) is 3.27. The molecule has 0 saturated heterocycles. The van der Waals surface area contributed by atoms with E-state index in [2.05, 4.69) is 15.6 Å². The van der Waals surface area contributed by atoms with Crippen molar-refractivity contribution >= 4 is 55.8 Å². The summed E-state index contributed by atoms with van der Waals surface area (Å²) in [6.45, 7) is 1.83. The molecule has 1 saturated carbocycles. The number of ether oxygens (including phenoxy) is 1. The average molecular weight is 415 g/mol. The molecule has 2 N–H and O–H groups in total. The van der Waals surface area contributed by atoms with E-state index in [0.29, 0.717) is 15.6 Å². The normalized spacial score (nSPS) is 13.3. The Morgan fingerprint density at radius 3 is 2.71 bits per heavy atom. The van der Waals surface area contributed by atoms with Crippen LogP contribution in [0.1, 0.15) is 51.4 Å². The molecule has 3 amide bonds. The molecule has 1 aliphatic rings. The van der Waals surface area contributed by atoms with Crippen molar-refractivity contribution in [3.8, 4) is 0 Å². The minimum atomic E-state index is -0.802. The number of carbonyl (C=O) groups is 3. The van der Waals surface area contributed by atoms with E-state index in [1.165, 1.54) is 22.7 Å². The van der Waals surface area contributed by atoms with Crippen LogP contribution in [0.25, 0.3) is 10.2 Å². The van der Waals surface area contributed by atoms with Gasteiger partial charge in [-0.25, -0.2) is 9.78 Å². The number of carbonyl (C=O) groups excluding carboxylic acids is 3. The second-order valence-corrected chi connectivity index (χ2v) is 8.20. The third kappa shape index (κ3) is 3.76. The zero-order chi connectivity index (χ0) is 19.7. The molecule has 7 nitrogen and oxygen atoms in total. The standard InChI is InChI=1S/C19H17N3O4S2/c1-2-26-19(25)22-15(23)14-11(10-7-8-10)9-27-17(14)21-16(24)18-20-12-5-3-4-6-13(12)28-18/h3-6,9-10H,2,7-8H2,1H3,(H,21,24)(H,22,23,25). The predicted molar refractivity (Wildman–Crippen MR) is 108 cm³/mol. The lowest BCUT2D eigenvalue weighted by Crippen LogP contribution is -2.32. The highest BCUT2D eigenvalue weighted by molar-refractivity contribution is 7.20. The lowest BCUT2D eigenvalue weighted by atomic mass is 10.1. The van der Waals surface area contributed by atoms with Gasteiger partial charge in [0.25, 0.3) is 11.8 Å². The topological polar surface area (TPSA) is 97.4 Å². The zero-order valence-electron chi connectivity index (χ0n) is 15.0. The quantitative estimate of drug-likeness (QED) is 0.645. The Morgan fingerprint density at radius 1 is 1.21 bits per heavy atom. The maximum absolute atomic E-state index is 12.7. The van der Waals surface area contributed by atoms with Crippen molar-refractivity contribution in [1.29, 1.82) is 0 Å². The van der Waals surface area contributed by atoms with Gasteiger partial charge in [-0.2, -0.15) is 0 Å². The second kappa shape index (κ2) is 7.69. The molecule has 1 aromatic carbocycles. The van der Waals surface area contributed by atoms with Gasteiger partial charge in [0, 0.05) is 0 Å². The van der Waals surface area contributed by atoms with Gasteiger partial charge in [0.1, 0.15) is 5.00 Å². The zero-order valence-corrected chi connectivity index (χ0v) is 16.6. The minimum absolute atomic E-state index is 0.166. The van der Waals surface area contributed by atoms with E-state index in [-0.39, 0.29) is 18.4 Å². The molecule has 144 valence electrons. The maximum atomic E-state index is 12.7. The lowest BCUT2D eigenvalue weighted by molar-refractivity contribution is 0.0925. The van der Waals surface area contributed by atoms with Crippen LogP contribution >= 0.6 is 22.7 Å². The number of thiophene rings is 1. The molecule has 3 aromatic rings. The van der Waals surface area contributed by atoms with Crippen molar-refractivity contribution in [3.05, 3.63) is 45.8 Å². The summed E-state index contributed by atoms with van der Waals surface area (Å²) < 4.78 is 5.70. The minimum Gasteiger partial charge on any atom is -0.450 e. The Morgan fingerprint density at radius 2 is 2.00 bits per heavy atom. The number of nitrogens with zero attached hydrogens (tertiary/aromatic N) is 1. The molecule has 2 heterocycles. The summed E-state index contributed by atoms with van der Waals surface area (Å²) in [6, 6.07) is 7.50. The van der Waals surface area contributed by atoms with Crippen LogP contribution in [0.4, 0.5) is 9.80 Å². The van der Waals surface area contributed by atoms with Crippen molar-refractivity contribution in [2.24, 2.45) is 0 Å². The molecular weight excluding hydrogens is 398 g/mol. The first-order valence-electron chi connectivity index (χ1n) is 8.83. The summed E-state index contributed by atoms with van der Waals surface area (Å²) in [7, 11) is 0. The smallest absolute Gasteiger partial charge is 0.414 e. The van der Waals surface area contributed by atoms with Crippen molar-refractivity contribution < 1.29 is 19.1 Å². The van der Waals surface area contributed by atoms with Crippen molar-refractivity contribution in [1.82, 2.24) is 10.3 Å². The SMILES string of the molecule is CCOC(=O)NC(=O)c1c(C2CC2)csc1NC(=O)c1nc2ccccc2s1. The maximum Gasteiger partial charge on any atom is 0.414 e. The molecule has 1 fully saturated rings. The summed E-state index contributed by atoms with van der Waals surface area (Å²) >= 11 is 2.56. The van der Waals surface area contributed by atoms with E-state index in [0.717, 1.165) is 28.6 Å². The van der Waals surface area contributed by atoms with Crippen LogP contribution in [0, 0.1) is 0 Å². The van der Waals surface area contributed by atoms with E-state index in [4.69, 9.17) is 4.74 Å². The van der Waals surface area contributed by atoms with Crippen molar-refractivity contribution in [2.45, 2.75) is 25.7 Å². The van der Waals surface area contributed by atoms with Crippen LogP contribution in [-0.4, -0.2) is 29.5 Å². The Bertz CT molecular complexity index is 1040. The molecule has 0 spiro atoms. The Kier molecular flexibility index (Phi) is 5.10. The number of imide groups is 1. The van der Waals surface area contributed by atoms with Crippen LogP contribution in [0.2, 0.25) is 0 Å². The predicted octanol–water partition coefficient (Wildman–Crippen LogP) is 4.37. The molecular formula is C19H17N3O4S2. The second-order valence-electron chi connectivity index (χ2n) is 6.28. The van der Waals surface area contributed by atoms with Gasteiger partial charge in [-0.1, -0.05) is 12.1 Å². The van der Waals surface area contributed by atoms with E-state index in [1.54, 1.807) is 6.92 Å². The number of thiazole rings is 1. The molecule has 28 heavy (non-hydrogen) atoms. The van der Waals surface area contributed by atoms with Gasteiger partial charge in [0.2, 0.25) is 0 Å². The number of hydrogen-bond acceptors (Lipinski definition) is 7. The summed E-state index contributed by atoms with van der Waals surface area (Å²) in [5.74, 6) is -0.663. The van der Waals surface area contributed by atoms with Gasteiger partial charge in [-0.3, -0.25) is 14.9 Å². The number of rotatable bonds is 5. The van der Waals surface area contributed by atoms with Gasteiger partial charge >= 0.3 is 6.09 Å². The van der Waals surface area contributed by atoms with Gasteiger partial charge in [0.15, 0.2) is 5.01 Å². The lowest BCUT2D eigenvalue weighted by Gasteiger charge is -2.08. The monoisotopic (exact) mass is 415 g/mol. The molecule has 1 aliphatic carbocycles. The van der Waals surface area contributed by atoms with E-state index in [1.807, 2.05) is 29.6 Å². The fourth-order valence-electron chi connectivity index (χ4n) is 2.84. The molecule has 4 rings (SSSR count). The number of hydrogen-bond donors (Lipinski definition) is 2. The van der Waals surface area contributed by atoms with Gasteiger partial charge in [-0.15, -0.1) is 22.7 Å². The molecule has 0 aliphatic heterocycles. The third-order valence-corrected chi connectivity index (χ3v) is 6.22. The molecule has 0 atom stereocenters. The highest BCUT2D eigenvalue weighted by atomic mass is 32.1. The first-order chi connectivity index (χ1) is 13.6. The van der Waals surface area contributed by atoms with Gasteiger partial charge < -0.3 is 10.1 Å². The van der Waals surface area contributed by atoms with E-state index in [9.17, 15) is 14.4 Å². The Hall–Kier alpha value is -2.78. The summed E-state index contributed by atoms with van der Waals surface area (Å²) in [5, 5.41) is 7.61. The number of amides is 3. The summed E-state index contributed by atoms with van der Waals surface area (Å²) in [5.41, 5.74) is 1.93. The number of alkyl carbamates (subject to hydrolysis) is 1. The number of fused-ring (bicyclic) bond motifs is 1. The van der Waals surface area contributed by atoms with E-state index >= 15 is 0 Å². The van der Waals surface area contributed by atoms with Crippen molar-refractivity contribution in [3.63, 3.8) is 0 Å².